The summed E-state index contributed by atoms with van der Waals surface area (Å²) in [5, 5.41) is 5.63. The van der Waals surface area contributed by atoms with Gasteiger partial charge < -0.3 is 20.1 Å². The van der Waals surface area contributed by atoms with Gasteiger partial charge in [0.15, 0.2) is 0 Å². The van der Waals surface area contributed by atoms with Gasteiger partial charge in [-0.1, -0.05) is 30.3 Å². The molecule has 3 aromatic rings. The second-order valence-corrected chi connectivity index (χ2v) is 6.11. The van der Waals surface area contributed by atoms with Crippen LogP contribution in [-0.2, 0) is 0 Å². The molecule has 0 heterocycles. The molecular weight excluding hydrogens is 368 g/mol. The number of ether oxygens (including phenoxy) is 2. The van der Waals surface area contributed by atoms with Crippen LogP contribution in [0.2, 0.25) is 0 Å². The highest BCUT2D eigenvalue weighted by Crippen LogP contribution is 2.23. The van der Waals surface area contributed by atoms with Gasteiger partial charge >= 0.3 is 0 Å². The summed E-state index contributed by atoms with van der Waals surface area (Å²) in [6, 6.07) is 20.9. The van der Waals surface area contributed by atoms with E-state index in [-0.39, 0.29) is 11.8 Å². The number of carbonyl (C=O) groups is 2. The lowest BCUT2D eigenvalue weighted by Gasteiger charge is -2.13. The van der Waals surface area contributed by atoms with Crippen LogP contribution in [0.25, 0.3) is 0 Å². The highest BCUT2D eigenvalue weighted by Gasteiger charge is 2.17. The van der Waals surface area contributed by atoms with Gasteiger partial charge in [-0.05, 0) is 43.3 Å². The van der Waals surface area contributed by atoms with Crippen LogP contribution in [0.1, 0.15) is 27.6 Å². The van der Waals surface area contributed by atoms with Gasteiger partial charge in [0.2, 0.25) is 0 Å². The predicted molar refractivity (Wildman–Crippen MR) is 113 cm³/mol. The van der Waals surface area contributed by atoms with Gasteiger partial charge in [-0.3, -0.25) is 9.59 Å². The summed E-state index contributed by atoms with van der Waals surface area (Å²) in [5.41, 5.74) is 1.75. The van der Waals surface area contributed by atoms with Crippen molar-refractivity contribution in [2.45, 2.75) is 6.92 Å². The van der Waals surface area contributed by atoms with Gasteiger partial charge in [0.25, 0.3) is 11.8 Å². The normalized spacial score (nSPS) is 10.1. The van der Waals surface area contributed by atoms with Crippen LogP contribution < -0.4 is 20.1 Å². The van der Waals surface area contributed by atoms with Crippen LogP contribution >= 0.6 is 0 Å². The number of amides is 2. The van der Waals surface area contributed by atoms with Gasteiger partial charge in [0.1, 0.15) is 11.5 Å². The van der Waals surface area contributed by atoms with Crippen molar-refractivity contribution in [2.24, 2.45) is 0 Å². The van der Waals surface area contributed by atoms with E-state index >= 15 is 0 Å². The van der Waals surface area contributed by atoms with Crippen molar-refractivity contribution in [3.05, 3.63) is 83.9 Å². The molecule has 0 aliphatic heterocycles. The lowest BCUT2D eigenvalue weighted by Crippen LogP contribution is -2.19. The SMILES string of the molecule is CCOc1ccccc1C(=O)Nc1ccccc1C(=O)Nc1cccc(OC)c1. The van der Waals surface area contributed by atoms with Crippen molar-refractivity contribution >= 4 is 23.2 Å². The van der Waals surface area contributed by atoms with Gasteiger partial charge in [-0.2, -0.15) is 0 Å². The number of nitrogens with one attached hydrogen (secondary N) is 2. The van der Waals surface area contributed by atoms with Crippen LogP contribution in [0.3, 0.4) is 0 Å². The molecule has 3 rings (SSSR count). The number of methoxy groups -OCH3 is 1. The Morgan fingerprint density at radius 2 is 1.52 bits per heavy atom. The number of carbonyl (C=O) groups excluding carboxylic acids is 2. The molecule has 0 bridgehead atoms. The molecule has 148 valence electrons. The largest absolute Gasteiger partial charge is 0.497 e. The molecule has 0 aliphatic carbocycles. The quantitative estimate of drug-likeness (QED) is 0.618. The topological polar surface area (TPSA) is 76.7 Å². The third kappa shape index (κ3) is 4.93. The lowest BCUT2D eigenvalue weighted by atomic mass is 10.1. The zero-order valence-electron chi connectivity index (χ0n) is 16.3. The van der Waals surface area contributed by atoms with Crippen molar-refractivity contribution in [1.82, 2.24) is 0 Å². The predicted octanol–water partition coefficient (Wildman–Crippen LogP) is 4.60. The monoisotopic (exact) mass is 390 g/mol. The Bertz CT molecular complexity index is 1020. The Hall–Kier alpha value is -3.80. The summed E-state index contributed by atoms with van der Waals surface area (Å²) < 4.78 is 10.7. The molecule has 0 aliphatic rings. The Morgan fingerprint density at radius 1 is 0.828 bits per heavy atom. The smallest absolute Gasteiger partial charge is 0.259 e. The Kier molecular flexibility index (Phi) is 6.47. The summed E-state index contributed by atoms with van der Waals surface area (Å²) in [7, 11) is 1.56. The van der Waals surface area contributed by atoms with Crippen molar-refractivity contribution in [3.8, 4) is 11.5 Å². The van der Waals surface area contributed by atoms with Crippen molar-refractivity contribution in [1.29, 1.82) is 0 Å². The molecule has 6 heteroatoms. The molecule has 0 atom stereocenters. The first-order valence-corrected chi connectivity index (χ1v) is 9.20. The van der Waals surface area contributed by atoms with E-state index in [1.807, 2.05) is 6.92 Å². The minimum absolute atomic E-state index is 0.341. The molecule has 6 nitrogen and oxygen atoms in total. The molecule has 0 aromatic heterocycles. The zero-order valence-corrected chi connectivity index (χ0v) is 16.3. The maximum absolute atomic E-state index is 12.8. The average Bonchev–Trinajstić information content (AvgIpc) is 2.74. The first-order valence-electron chi connectivity index (χ1n) is 9.20. The first-order chi connectivity index (χ1) is 14.1. The van der Waals surface area contributed by atoms with Crippen LogP contribution in [0.4, 0.5) is 11.4 Å². The fourth-order valence-electron chi connectivity index (χ4n) is 2.81. The van der Waals surface area contributed by atoms with Gasteiger partial charge in [0.05, 0.1) is 30.5 Å². The molecule has 0 radical (unpaired) electrons. The summed E-state index contributed by atoms with van der Waals surface area (Å²) in [6.45, 7) is 2.30. The fraction of sp³-hybridized carbons (Fsp3) is 0.130. The van der Waals surface area contributed by atoms with E-state index in [1.165, 1.54) is 0 Å². The molecule has 0 saturated carbocycles. The second kappa shape index (κ2) is 9.41. The van der Waals surface area contributed by atoms with Crippen molar-refractivity contribution in [3.63, 3.8) is 0 Å². The molecular formula is C23H22N2O4. The minimum atomic E-state index is -0.351. The first kappa shape index (κ1) is 19.9. The van der Waals surface area contributed by atoms with E-state index in [2.05, 4.69) is 10.6 Å². The highest BCUT2D eigenvalue weighted by molar-refractivity contribution is 6.13. The molecule has 2 amide bonds. The fourth-order valence-corrected chi connectivity index (χ4v) is 2.81. The highest BCUT2D eigenvalue weighted by atomic mass is 16.5. The number of benzene rings is 3. The van der Waals surface area contributed by atoms with Crippen molar-refractivity contribution < 1.29 is 19.1 Å². The molecule has 29 heavy (non-hydrogen) atoms. The molecule has 0 fully saturated rings. The molecule has 0 saturated heterocycles. The third-order valence-corrected chi connectivity index (χ3v) is 4.18. The Labute approximate surface area is 169 Å². The van der Waals surface area contributed by atoms with E-state index in [9.17, 15) is 9.59 Å². The number of hydrogen-bond acceptors (Lipinski definition) is 4. The average molecular weight is 390 g/mol. The summed E-state index contributed by atoms with van der Waals surface area (Å²) >= 11 is 0. The van der Waals surface area contributed by atoms with Gasteiger partial charge in [0, 0.05) is 11.8 Å². The number of anilines is 2. The zero-order chi connectivity index (χ0) is 20.6. The van der Waals surface area contributed by atoms with E-state index < -0.39 is 0 Å². The Morgan fingerprint density at radius 3 is 2.28 bits per heavy atom. The second-order valence-electron chi connectivity index (χ2n) is 6.11. The number of rotatable bonds is 7. The maximum atomic E-state index is 12.8. The number of hydrogen-bond donors (Lipinski definition) is 2. The molecule has 0 unspecified atom stereocenters. The van der Waals surface area contributed by atoms with Gasteiger partial charge in [-0.25, -0.2) is 0 Å². The summed E-state index contributed by atoms with van der Waals surface area (Å²) in [4.78, 5) is 25.6. The van der Waals surface area contributed by atoms with Crippen LogP contribution in [0, 0.1) is 0 Å². The van der Waals surface area contributed by atoms with E-state index in [4.69, 9.17) is 9.47 Å². The minimum Gasteiger partial charge on any atom is -0.497 e. The Balaban J connectivity index is 1.82. The standard InChI is InChI=1S/C23H22N2O4/c1-3-29-21-14-7-5-12-19(21)23(27)25-20-13-6-4-11-18(20)22(26)24-16-9-8-10-17(15-16)28-2/h4-15H,3H2,1-2H3,(H,24,26)(H,25,27). The van der Waals surface area contributed by atoms with E-state index in [0.717, 1.165) is 0 Å². The third-order valence-electron chi connectivity index (χ3n) is 4.18. The lowest BCUT2D eigenvalue weighted by molar-refractivity contribution is 0.102. The molecule has 3 aromatic carbocycles. The van der Waals surface area contributed by atoms with Crippen LogP contribution in [0.5, 0.6) is 11.5 Å². The molecule has 2 N–H and O–H groups in total. The van der Waals surface area contributed by atoms with Crippen molar-refractivity contribution in [2.75, 3.05) is 24.4 Å². The van der Waals surface area contributed by atoms with Gasteiger partial charge in [-0.15, -0.1) is 0 Å². The molecule has 0 spiro atoms. The van der Waals surface area contributed by atoms with E-state index in [0.29, 0.717) is 40.6 Å². The number of para-hydroxylation sites is 2. The summed E-state index contributed by atoms with van der Waals surface area (Å²) in [5.74, 6) is 0.436. The van der Waals surface area contributed by atoms with Crippen LogP contribution in [0.15, 0.2) is 72.8 Å². The van der Waals surface area contributed by atoms with E-state index in [1.54, 1.807) is 79.9 Å². The summed E-state index contributed by atoms with van der Waals surface area (Å²) in [6.07, 6.45) is 0. The van der Waals surface area contributed by atoms with Crippen LogP contribution in [-0.4, -0.2) is 25.5 Å². The maximum Gasteiger partial charge on any atom is 0.259 e.